The number of nitrogens with zero attached hydrogens (tertiary/aromatic N) is 5. The number of aromatic nitrogens is 3. The Morgan fingerprint density at radius 3 is 2.35 bits per heavy atom. The molecule has 0 N–H and O–H groups in total. The minimum absolute atomic E-state index is 0.597. The first-order valence-electron chi connectivity index (χ1n) is 12.2. The van der Waals surface area contributed by atoms with E-state index in [0.29, 0.717) is 17.2 Å². The van der Waals surface area contributed by atoms with E-state index in [1.165, 1.54) is 5.56 Å². The molecule has 0 radical (unpaired) electrons. The normalized spacial score (nSPS) is 14.1. The van der Waals surface area contributed by atoms with Crippen molar-refractivity contribution in [3.8, 4) is 28.6 Å². The van der Waals surface area contributed by atoms with Crippen LogP contribution in [0, 0.1) is 11.7 Å². The third-order valence-electron chi connectivity index (χ3n) is 6.66. The maximum Gasteiger partial charge on any atom is 0.204 e. The van der Waals surface area contributed by atoms with Crippen LogP contribution in [0.3, 0.4) is 0 Å². The lowest BCUT2D eigenvalue weighted by atomic mass is 10.1. The monoisotopic (exact) mass is 535 g/mol. The molecule has 7 nitrogen and oxygen atoms in total. The molecule has 0 aliphatic carbocycles. The molecule has 0 bridgehead atoms. The number of benzene rings is 3. The minimum atomic E-state index is 0.597. The number of anilines is 1. The van der Waals surface area contributed by atoms with Crippen molar-refractivity contribution >= 4 is 29.5 Å². The van der Waals surface area contributed by atoms with Crippen molar-refractivity contribution in [3.63, 3.8) is 0 Å². The van der Waals surface area contributed by atoms with E-state index in [1.54, 1.807) is 14.2 Å². The van der Waals surface area contributed by atoms with E-state index in [9.17, 15) is 0 Å². The van der Waals surface area contributed by atoms with Crippen LogP contribution >= 0.6 is 23.8 Å². The largest absolute Gasteiger partial charge is 0.497 e. The molecule has 192 valence electrons. The van der Waals surface area contributed by atoms with E-state index in [1.807, 2.05) is 45.6 Å². The number of ether oxygens (including phenoxy) is 2. The summed E-state index contributed by atoms with van der Waals surface area (Å²) in [7, 11) is 3.31. The summed E-state index contributed by atoms with van der Waals surface area (Å²) in [6.45, 7) is 6.27. The minimum Gasteiger partial charge on any atom is -0.497 e. The lowest BCUT2D eigenvalue weighted by Gasteiger charge is -2.35. The maximum atomic E-state index is 6.21. The highest BCUT2D eigenvalue weighted by Crippen LogP contribution is 2.32. The van der Waals surface area contributed by atoms with E-state index in [4.69, 9.17) is 38.4 Å². The van der Waals surface area contributed by atoms with Crippen molar-refractivity contribution in [3.05, 3.63) is 82.1 Å². The summed E-state index contributed by atoms with van der Waals surface area (Å²) in [5.74, 6) is 2.17. The lowest BCUT2D eigenvalue weighted by molar-refractivity contribution is 0.194. The molecule has 0 saturated carbocycles. The molecule has 0 unspecified atom stereocenters. The Balaban J connectivity index is 1.47. The highest BCUT2D eigenvalue weighted by Gasteiger charge is 2.22. The van der Waals surface area contributed by atoms with Crippen molar-refractivity contribution in [2.75, 3.05) is 45.3 Å². The highest BCUT2D eigenvalue weighted by atomic mass is 35.5. The summed E-state index contributed by atoms with van der Waals surface area (Å²) in [6, 6.07) is 22.0. The second kappa shape index (κ2) is 11.0. The first-order valence-corrected chi connectivity index (χ1v) is 13.0. The van der Waals surface area contributed by atoms with Gasteiger partial charge < -0.3 is 14.4 Å². The van der Waals surface area contributed by atoms with Crippen molar-refractivity contribution in [2.24, 2.45) is 0 Å². The van der Waals surface area contributed by atoms with Crippen LogP contribution in [0.1, 0.15) is 5.56 Å². The lowest BCUT2D eigenvalue weighted by Crippen LogP contribution is -2.47. The Labute approximate surface area is 227 Å². The van der Waals surface area contributed by atoms with Gasteiger partial charge in [0.25, 0.3) is 0 Å². The Morgan fingerprint density at radius 1 is 0.919 bits per heavy atom. The van der Waals surface area contributed by atoms with Gasteiger partial charge in [-0.05, 0) is 49.5 Å². The van der Waals surface area contributed by atoms with Crippen LogP contribution in [0.4, 0.5) is 5.69 Å². The Morgan fingerprint density at radius 2 is 1.68 bits per heavy atom. The number of hydrogen-bond donors (Lipinski definition) is 0. The average molecular weight is 536 g/mol. The van der Waals surface area contributed by atoms with E-state index >= 15 is 0 Å². The molecular weight excluding hydrogens is 506 g/mol. The maximum absolute atomic E-state index is 6.21. The third kappa shape index (κ3) is 5.37. The molecule has 1 fully saturated rings. The summed E-state index contributed by atoms with van der Waals surface area (Å²) in [5.41, 5.74) is 4.11. The molecule has 1 saturated heterocycles. The summed E-state index contributed by atoms with van der Waals surface area (Å²) >= 11 is 12.2. The van der Waals surface area contributed by atoms with Crippen LogP contribution in [0.5, 0.6) is 11.5 Å². The summed E-state index contributed by atoms with van der Waals surface area (Å²) in [6.07, 6.45) is 0. The fourth-order valence-electron chi connectivity index (χ4n) is 4.59. The van der Waals surface area contributed by atoms with E-state index in [0.717, 1.165) is 59.7 Å². The summed E-state index contributed by atoms with van der Waals surface area (Å²) in [5, 5.41) is 5.76. The van der Waals surface area contributed by atoms with Gasteiger partial charge in [-0.3, -0.25) is 9.47 Å². The molecule has 2 heterocycles. The van der Waals surface area contributed by atoms with Gasteiger partial charge in [-0.25, -0.2) is 4.68 Å². The molecule has 9 heteroatoms. The van der Waals surface area contributed by atoms with Crippen LogP contribution in [-0.2, 0) is 6.67 Å². The second-order valence-corrected chi connectivity index (χ2v) is 9.87. The zero-order valence-corrected chi connectivity index (χ0v) is 22.8. The summed E-state index contributed by atoms with van der Waals surface area (Å²) < 4.78 is 15.7. The fourth-order valence-corrected chi connectivity index (χ4v) is 5.06. The number of hydrogen-bond acceptors (Lipinski definition) is 6. The predicted octanol–water partition coefficient (Wildman–Crippen LogP) is 5.83. The van der Waals surface area contributed by atoms with Crippen LogP contribution in [-0.4, -0.2) is 59.6 Å². The van der Waals surface area contributed by atoms with Gasteiger partial charge >= 0.3 is 0 Å². The zero-order chi connectivity index (χ0) is 25.9. The standard InChI is InChI=1S/C28H30ClN5O2S/c1-20-7-9-21(10-8-20)27-30-33(28(37)34(27)25-18-24(35-2)11-12-26(25)36-3)19-31-13-15-32(16-14-31)23-6-4-5-22(29)17-23/h4-12,17-18H,13-16,19H2,1-3H3. The summed E-state index contributed by atoms with van der Waals surface area (Å²) in [4.78, 5) is 4.73. The smallest absolute Gasteiger partial charge is 0.204 e. The van der Waals surface area contributed by atoms with Gasteiger partial charge in [0.15, 0.2) is 5.82 Å². The van der Waals surface area contributed by atoms with Gasteiger partial charge in [-0.15, -0.1) is 5.10 Å². The molecule has 0 atom stereocenters. The van der Waals surface area contributed by atoms with Crippen LogP contribution in [0.2, 0.25) is 5.02 Å². The SMILES string of the molecule is COc1ccc(OC)c(-n2c(-c3ccc(C)cc3)nn(CN3CCN(c4cccc(Cl)c4)CC3)c2=S)c1. The first-order chi connectivity index (χ1) is 18.0. The van der Waals surface area contributed by atoms with Crippen molar-refractivity contribution in [2.45, 2.75) is 13.6 Å². The highest BCUT2D eigenvalue weighted by molar-refractivity contribution is 7.71. The Bertz CT molecular complexity index is 1440. The third-order valence-corrected chi connectivity index (χ3v) is 7.28. The number of aryl methyl sites for hydroxylation is 1. The first kappa shape index (κ1) is 25.3. The van der Waals surface area contributed by atoms with E-state index < -0.39 is 0 Å². The van der Waals surface area contributed by atoms with Crippen LogP contribution in [0.25, 0.3) is 17.1 Å². The molecule has 4 aromatic rings. The Hall–Kier alpha value is -3.33. The van der Waals surface area contributed by atoms with E-state index in [-0.39, 0.29) is 0 Å². The molecule has 0 spiro atoms. The van der Waals surface area contributed by atoms with Gasteiger partial charge in [-0.2, -0.15) is 0 Å². The molecule has 1 aliphatic heterocycles. The Kier molecular flexibility index (Phi) is 7.50. The molecular formula is C28H30ClN5O2S. The van der Waals surface area contributed by atoms with Gasteiger partial charge in [-0.1, -0.05) is 47.5 Å². The molecule has 5 rings (SSSR count). The number of methoxy groups -OCH3 is 2. The van der Waals surface area contributed by atoms with Crippen LogP contribution in [0.15, 0.2) is 66.7 Å². The number of piperazine rings is 1. The second-order valence-electron chi connectivity index (χ2n) is 9.07. The van der Waals surface area contributed by atoms with Gasteiger partial charge in [0.05, 0.1) is 26.6 Å². The van der Waals surface area contributed by atoms with Gasteiger partial charge in [0, 0.05) is 48.5 Å². The van der Waals surface area contributed by atoms with Crippen LogP contribution < -0.4 is 14.4 Å². The van der Waals surface area contributed by atoms with Gasteiger partial charge in [0.2, 0.25) is 4.77 Å². The topological polar surface area (TPSA) is 47.7 Å². The molecule has 37 heavy (non-hydrogen) atoms. The fraction of sp³-hybridized carbons (Fsp3) is 0.286. The zero-order valence-electron chi connectivity index (χ0n) is 21.2. The number of rotatable bonds is 7. The number of halogens is 1. The molecule has 1 aromatic heterocycles. The molecule has 0 amide bonds. The quantitative estimate of drug-likeness (QED) is 0.278. The van der Waals surface area contributed by atoms with Crippen molar-refractivity contribution in [1.82, 2.24) is 19.2 Å². The van der Waals surface area contributed by atoms with Crippen molar-refractivity contribution in [1.29, 1.82) is 0 Å². The van der Waals surface area contributed by atoms with Gasteiger partial charge in [0.1, 0.15) is 11.5 Å². The molecule has 3 aromatic carbocycles. The van der Waals surface area contributed by atoms with E-state index in [2.05, 4.69) is 47.1 Å². The predicted molar refractivity (Wildman–Crippen MR) is 151 cm³/mol. The molecule has 1 aliphatic rings. The average Bonchev–Trinajstić information content (AvgIpc) is 3.24. The van der Waals surface area contributed by atoms with Crippen molar-refractivity contribution < 1.29 is 9.47 Å².